The van der Waals surface area contributed by atoms with Crippen LogP contribution < -0.4 is 4.74 Å². The minimum absolute atomic E-state index is 0.0183. The summed E-state index contributed by atoms with van der Waals surface area (Å²) in [5, 5.41) is 38.3. The van der Waals surface area contributed by atoms with Gasteiger partial charge in [-0.1, -0.05) is 12.1 Å². The van der Waals surface area contributed by atoms with Crippen LogP contribution in [-0.4, -0.2) is 26.2 Å². The lowest BCUT2D eigenvalue weighted by Crippen LogP contribution is -2.20. The van der Waals surface area contributed by atoms with Crippen LogP contribution in [-0.2, 0) is 0 Å². The average Bonchev–Trinajstić information content (AvgIpc) is 2.44. The number of rotatable bonds is 1. The Bertz CT molecular complexity index is 720. The van der Waals surface area contributed by atoms with E-state index in [0.29, 0.717) is 5.56 Å². The molecular formula is C15H12O6. The Balaban J connectivity index is 2.06. The van der Waals surface area contributed by atoms with Crippen LogP contribution in [0.1, 0.15) is 28.4 Å². The Hall–Kier alpha value is -2.89. The molecule has 6 heteroatoms. The second-order valence-electron chi connectivity index (χ2n) is 4.79. The van der Waals surface area contributed by atoms with E-state index in [1.165, 1.54) is 12.1 Å². The molecule has 21 heavy (non-hydrogen) atoms. The monoisotopic (exact) mass is 288 g/mol. The van der Waals surface area contributed by atoms with Gasteiger partial charge in [0, 0.05) is 6.07 Å². The summed E-state index contributed by atoms with van der Waals surface area (Å²) < 4.78 is 5.55. The number of ketones is 1. The highest BCUT2D eigenvalue weighted by atomic mass is 16.5. The van der Waals surface area contributed by atoms with Gasteiger partial charge >= 0.3 is 0 Å². The molecule has 1 aliphatic heterocycles. The lowest BCUT2D eigenvalue weighted by molar-refractivity contribution is 0.0836. The zero-order valence-electron chi connectivity index (χ0n) is 10.8. The third-order valence-electron chi connectivity index (χ3n) is 3.39. The zero-order valence-corrected chi connectivity index (χ0v) is 10.8. The summed E-state index contributed by atoms with van der Waals surface area (Å²) in [5.74, 6) is -2.14. The first-order valence-electron chi connectivity index (χ1n) is 6.24. The van der Waals surface area contributed by atoms with Crippen molar-refractivity contribution in [1.29, 1.82) is 0 Å². The lowest BCUT2D eigenvalue weighted by atomic mass is 9.95. The van der Waals surface area contributed by atoms with Gasteiger partial charge in [0.1, 0.15) is 23.2 Å². The Labute approximate surface area is 119 Å². The first-order valence-corrected chi connectivity index (χ1v) is 6.24. The molecular weight excluding hydrogens is 276 g/mol. The van der Waals surface area contributed by atoms with Gasteiger partial charge in [0.05, 0.1) is 6.42 Å². The van der Waals surface area contributed by atoms with E-state index in [-0.39, 0.29) is 23.5 Å². The number of hydrogen-bond donors (Lipinski definition) is 4. The number of benzene rings is 2. The van der Waals surface area contributed by atoms with Gasteiger partial charge < -0.3 is 25.2 Å². The summed E-state index contributed by atoms with van der Waals surface area (Å²) in [6.45, 7) is 0. The Morgan fingerprint density at radius 3 is 2.33 bits per heavy atom. The zero-order chi connectivity index (χ0) is 15.1. The molecule has 1 aliphatic rings. The van der Waals surface area contributed by atoms with Gasteiger partial charge in [0.2, 0.25) is 5.75 Å². The summed E-state index contributed by atoms with van der Waals surface area (Å²) in [4.78, 5) is 12.1. The fraction of sp³-hybridized carbons (Fsp3) is 0.133. The second kappa shape index (κ2) is 4.59. The van der Waals surface area contributed by atoms with Gasteiger partial charge in [0.15, 0.2) is 17.3 Å². The van der Waals surface area contributed by atoms with Crippen molar-refractivity contribution in [2.45, 2.75) is 12.5 Å². The number of phenolic OH excluding ortho intramolecular Hbond substituents is 4. The molecule has 0 aliphatic carbocycles. The first-order chi connectivity index (χ1) is 9.97. The number of aromatic hydroxyl groups is 4. The quantitative estimate of drug-likeness (QED) is 0.473. The number of Topliss-reactive ketones (excluding diaryl/α,β-unsaturated/α-hetero) is 1. The predicted molar refractivity (Wildman–Crippen MR) is 71.9 cm³/mol. The molecule has 0 spiro atoms. The molecule has 0 radical (unpaired) electrons. The molecule has 1 heterocycles. The molecule has 0 saturated heterocycles. The maximum Gasteiger partial charge on any atom is 0.201 e. The smallest absolute Gasteiger partial charge is 0.201 e. The largest absolute Gasteiger partial charge is 0.508 e. The number of fused-ring (bicyclic) bond motifs is 1. The molecule has 0 saturated carbocycles. The molecule has 0 amide bonds. The Morgan fingerprint density at radius 1 is 1.00 bits per heavy atom. The van der Waals surface area contributed by atoms with Crippen LogP contribution in [0, 0.1) is 0 Å². The minimum Gasteiger partial charge on any atom is -0.508 e. The standard InChI is InChI=1S/C15H12O6/c16-8-3-1-7(2-4-8)12-6-10(18)13-9(17)5-11(19)14(20)15(13)21-12/h1-5,12,16-17,19-20H,6H2/t12-/m1/s1. The first kappa shape index (κ1) is 13.1. The van der Waals surface area contributed by atoms with Gasteiger partial charge in [-0.3, -0.25) is 4.79 Å². The van der Waals surface area contributed by atoms with E-state index in [9.17, 15) is 25.2 Å². The van der Waals surface area contributed by atoms with Crippen molar-refractivity contribution in [2.24, 2.45) is 0 Å². The predicted octanol–water partition coefficient (Wildman–Crippen LogP) is 2.22. The van der Waals surface area contributed by atoms with Crippen molar-refractivity contribution in [1.82, 2.24) is 0 Å². The van der Waals surface area contributed by atoms with Crippen LogP contribution in [0.25, 0.3) is 0 Å². The van der Waals surface area contributed by atoms with Gasteiger partial charge in [0.25, 0.3) is 0 Å². The molecule has 6 nitrogen and oxygen atoms in total. The summed E-state index contributed by atoms with van der Waals surface area (Å²) in [6.07, 6.45) is -0.687. The van der Waals surface area contributed by atoms with Crippen LogP contribution in [0.5, 0.6) is 28.7 Å². The molecule has 2 aromatic carbocycles. The molecule has 4 N–H and O–H groups in total. The van der Waals surface area contributed by atoms with Crippen molar-refractivity contribution >= 4 is 5.78 Å². The molecule has 0 fully saturated rings. The Kier molecular flexibility index (Phi) is 2.86. The third kappa shape index (κ3) is 2.10. The average molecular weight is 288 g/mol. The van der Waals surface area contributed by atoms with E-state index in [1.807, 2.05) is 0 Å². The van der Waals surface area contributed by atoms with E-state index in [2.05, 4.69) is 0 Å². The topological polar surface area (TPSA) is 107 Å². The van der Waals surface area contributed by atoms with Crippen LogP contribution in [0.15, 0.2) is 30.3 Å². The highest BCUT2D eigenvalue weighted by Gasteiger charge is 2.33. The van der Waals surface area contributed by atoms with Crippen LogP contribution in [0.3, 0.4) is 0 Å². The molecule has 0 bridgehead atoms. The Morgan fingerprint density at radius 2 is 1.67 bits per heavy atom. The number of ether oxygens (including phenoxy) is 1. The minimum atomic E-state index is -0.669. The fourth-order valence-corrected chi connectivity index (χ4v) is 2.33. The number of hydrogen-bond acceptors (Lipinski definition) is 6. The SMILES string of the molecule is O=C1C[C@H](c2ccc(O)cc2)Oc2c(O)c(O)cc(O)c21. The summed E-state index contributed by atoms with van der Waals surface area (Å²) >= 11 is 0. The van der Waals surface area contributed by atoms with Crippen LogP contribution in [0.2, 0.25) is 0 Å². The van der Waals surface area contributed by atoms with Gasteiger partial charge in [-0.15, -0.1) is 0 Å². The number of carbonyl (C=O) groups excluding carboxylic acids is 1. The second-order valence-corrected chi connectivity index (χ2v) is 4.79. The van der Waals surface area contributed by atoms with Crippen LogP contribution in [0.4, 0.5) is 0 Å². The van der Waals surface area contributed by atoms with Crippen molar-refractivity contribution in [3.63, 3.8) is 0 Å². The molecule has 2 aromatic rings. The maximum absolute atomic E-state index is 12.1. The van der Waals surface area contributed by atoms with Crippen molar-refractivity contribution in [3.8, 4) is 28.7 Å². The molecule has 108 valence electrons. The summed E-state index contributed by atoms with van der Waals surface area (Å²) in [6, 6.07) is 7.00. The van der Waals surface area contributed by atoms with E-state index in [0.717, 1.165) is 6.07 Å². The van der Waals surface area contributed by atoms with E-state index >= 15 is 0 Å². The van der Waals surface area contributed by atoms with Crippen molar-refractivity contribution in [2.75, 3.05) is 0 Å². The lowest BCUT2D eigenvalue weighted by Gasteiger charge is -2.26. The van der Waals surface area contributed by atoms with Gasteiger partial charge in [-0.25, -0.2) is 0 Å². The highest BCUT2D eigenvalue weighted by molar-refractivity contribution is 6.03. The number of phenols is 4. The highest BCUT2D eigenvalue weighted by Crippen LogP contribution is 2.48. The maximum atomic E-state index is 12.1. The molecule has 0 unspecified atom stereocenters. The van der Waals surface area contributed by atoms with E-state index in [1.54, 1.807) is 12.1 Å². The molecule has 0 aromatic heterocycles. The van der Waals surface area contributed by atoms with Gasteiger partial charge in [-0.2, -0.15) is 0 Å². The normalized spacial score (nSPS) is 17.1. The fourth-order valence-electron chi connectivity index (χ4n) is 2.33. The molecule has 1 atom stereocenters. The third-order valence-corrected chi connectivity index (χ3v) is 3.39. The van der Waals surface area contributed by atoms with Crippen LogP contribution >= 0.6 is 0 Å². The van der Waals surface area contributed by atoms with E-state index < -0.39 is 29.1 Å². The van der Waals surface area contributed by atoms with Crippen molar-refractivity contribution < 1.29 is 30.0 Å². The summed E-state index contributed by atoms with van der Waals surface area (Å²) in [5.41, 5.74) is 0.495. The van der Waals surface area contributed by atoms with Crippen molar-refractivity contribution in [3.05, 3.63) is 41.5 Å². The summed E-state index contributed by atoms with van der Waals surface area (Å²) in [7, 11) is 0. The van der Waals surface area contributed by atoms with E-state index in [4.69, 9.17) is 4.74 Å². The molecule has 3 rings (SSSR count). The number of carbonyl (C=O) groups is 1. The van der Waals surface area contributed by atoms with Gasteiger partial charge in [-0.05, 0) is 17.7 Å².